The quantitative estimate of drug-likeness (QED) is 0.773. The molecule has 0 radical (unpaired) electrons. The number of rotatable bonds is 4. The van der Waals surface area contributed by atoms with Gasteiger partial charge in [0.05, 0.1) is 6.04 Å². The predicted molar refractivity (Wildman–Crippen MR) is 81.6 cm³/mol. The highest BCUT2D eigenvalue weighted by Crippen LogP contribution is 2.32. The van der Waals surface area contributed by atoms with Gasteiger partial charge in [0.25, 0.3) is 0 Å². The van der Waals surface area contributed by atoms with Crippen LogP contribution in [0.15, 0.2) is 54.2 Å². The SMILES string of the molecule is CCNC(c1cccnc1)c1cccc2ccsc12. The summed E-state index contributed by atoms with van der Waals surface area (Å²) in [7, 11) is 0. The first-order valence-electron chi connectivity index (χ1n) is 6.49. The Morgan fingerprint density at radius 2 is 2.16 bits per heavy atom. The van der Waals surface area contributed by atoms with E-state index < -0.39 is 0 Å². The van der Waals surface area contributed by atoms with Crippen molar-refractivity contribution in [1.29, 1.82) is 0 Å². The molecule has 0 fully saturated rings. The normalized spacial score (nSPS) is 12.7. The fourth-order valence-corrected chi connectivity index (χ4v) is 3.35. The van der Waals surface area contributed by atoms with Gasteiger partial charge in [0, 0.05) is 17.1 Å². The standard InChI is InChI=1S/C16H16N2S/c1-2-18-15(13-6-4-9-17-11-13)14-7-3-5-12-8-10-19-16(12)14/h3-11,15,18H,2H2,1H3. The second-order valence-electron chi connectivity index (χ2n) is 4.46. The monoisotopic (exact) mass is 268 g/mol. The first-order chi connectivity index (χ1) is 9.40. The Hall–Kier alpha value is -1.71. The van der Waals surface area contributed by atoms with Crippen molar-refractivity contribution in [3.63, 3.8) is 0 Å². The van der Waals surface area contributed by atoms with E-state index in [1.807, 2.05) is 18.5 Å². The van der Waals surface area contributed by atoms with E-state index in [-0.39, 0.29) is 6.04 Å². The maximum atomic E-state index is 4.24. The van der Waals surface area contributed by atoms with Crippen molar-refractivity contribution >= 4 is 21.4 Å². The summed E-state index contributed by atoms with van der Waals surface area (Å²) in [6, 6.07) is 13.0. The van der Waals surface area contributed by atoms with Gasteiger partial charge in [-0.1, -0.05) is 31.2 Å². The molecule has 0 amide bonds. The maximum Gasteiger partial charge on any atom is 0.0606 e. The summed E-state index contributed by atoms with van der Waals surface area (Å²) in [6.45, 7) is 3.07. The van der Waals surface area contributed by atoms with Crippen LogP contribution in [0, 0.1) is 0 Å². The number of benzene rings is 1. The van der Waals surface area contributed by atoms with Gasteiger partial charge in [-0.2, -0.15) is 0 Å². The minimum Gasteiger partial charge on any atom is -0.306 e. The number of nitrogens with zero attached hydrogens (tertiary/aromatic N) is 1. The zero-order valence-corrected chi connectivity index (χ0v) is 11.7. The molecular formula is C16H16N2S. The third kappa shape index (κ3) is 2.39. The lowest BCUT2D eigenvalue weighted by molar-refractivity contribution is 0.633. The molecule has 3 aromatic rings. The Balaban J connectivity index is 2.12. The van der Waals surface area contributed by atoms with E-state index in [2.05, 4.69) is 52.9 Å². The summed E-state index contributed by atoms with van der Waals surface area (Å²) in [4.78, 5) is 4.24. The van der Waals surface area contributed by atoms with Crippen LogP contribution in [-0.2, 0) is 0 Å². The molecule has 0 saturated carbocycles. The molecule has 2 nitrogen and oxygen atoms in total. The summed E-state index contributed by atoms with van der Waals surface area (Å²) in [5.74, 6) is 0. The number of nitrogens with one attached hydrogen (secondary N) is 1. The van der Waals surface area contributed by atoms with Crippen LogP contribution >= 0.6 is 11.3 Å². The lowest BCUT2D eigenvalue weighted by Crippen LogP contribution is -2.22. The average Bonchev–Trinajstić information content (AvgIpc) is 2.94. The van der Waals surface area contributed by atoms with Gasteiger partial charge >= 0.3 is 0 Å². The van der Waals surface area contributed by atoms with Crippen LogP contribution in [0.5, 0.6) is 0 Å². The lowest BCUT2D eigenvalue weighted by Gasteiger charge is -2.19. The molecule has 3 rings (SSSR count). The molecule has 1 unspecified atom stereocenters. The van der Waals surface area contributed by atoms with Gasteiger partial charge in [-0.15, -0.1) is 11.3 Å². The molecule has 0 bridgehead atoms. The number of pyridine rings is 1. The van der Waals surface area contributed by atoms with Gasteiger partial charge in [0.15, 0.2) is 0 Å². The third-order valence-electron chi connectivity index (χ3n) is 3.25. The molecule has 3 heteroatoms. The van der Waals surface area contributed by atoms with Crippen molar-refractivity contribution in [3.8, 4) is 0 Å². The van der Waals surface area contributed by atoms with Gasteiger partial charge < -0.3 is 5.32 Å². The van der Waals surface area contributed by atoms with E-state index >= 15 is 0 Å². The van der Waals surface area contributed by atoms with Gasteiger partial charge in [-0.25, -0.2) is 0 Å². The second kappa shape index (κ2) is 5.51. The molecule has 0 aliphatic carbocycles. The van der Waals surface area contributed by atoms with E-state index in [1.165, 1.54) is 21.2 Å². The smallest absolute Gasteiger partial charge is 0.0606 e. The third-order valence-corrected chi connectivity index (χ3v) is 4.23. The van der Waals surface area contributed by atoms with Gasteiger partial charge in [-0.05, 0) is 40.6 Å². The molecule has 2 aromatic heterocycles. The second-order valence-corrected chi connectivity index (χ2v) is 5.38. The van der Waals surface area contributed by atoms with Gasteiger partial charge in [0.2, 0.25) is 0 Å². The minimum absolute atomic E-state index is 0.209. The maximum absolute atomic E-state index is 4.24. The Bertz CT molecular complexity index is 661. The highest BCUT2D eigenvalue weighted by molar-refractivity contribution is 7.17. The Morgan fingerprint density at radius 1 is 1.21 bits per heavy atom. The summed E-state index contributed by atoms with van der Waals surface area (Å²) < 4.78 is 1.36. The Morgan fingerprint density at radius 3 is 2.95 bits per heavy atom. The van der Waals surface area contributed by atoms with Crippen LogP contribution < -0.4 is 5.32 Å². The summed E-state index contributed by atoms with van der Waals surface area (Å²) in [5.41, 5.74) is 2.55. The van der Waals surface area contributed by atoms with Crippen LogP contribution in [-0.4, -0.2) is 11.5 Å². The first-order valence-corrected chi connectivity index (χ1v) is 7.37. The van der Waals surface area contributed by atoms with Crippen LogP contribution in [0.25, 0.3) is 10.1 Å². The summed E-state index contributed by atoms with van der Waals surface area (Å²) in [6.07, 6.45) is 3.76. The van der Waals surface area contributed by atoms with Crippen molar-refractivity contribution in [2.75, 3.05) is 6.54 Å². The molecule has 1 atom stereocenters. The number of thiophene rings is 1. The van der Waals surface area contributed by atoms with Gasteiger partial charge in [0.1, 0.15) is 0 Å². The number of fused-ring (bicyclic) bond motifs is 1. The number of hydrogen-bond acceptors (Lipinski definition) is 3. The fourth-order valence-electron chi connectivity index (χ4n) is 2.40. The molecule has 19 heavy (non-hydrogen) atoms. The van der Waals surface area contributed by atoms with Crippen molar-refractivity contribution in [2.24, 2.45) is 0 Å². The molecule has 0 spiro atoms. The summed E-state index contributed by atoms with van der Waals surface area (Å²) in [5, 5.41) is 7.03. The van der Waals surface area contributed by atoms with Gasteiger partial charge in [-0.3, -0.25) is 4.98 Å². The number of aromatic nitrogens is 1. The molecule has 0 aliphatic rings. The Kier molecular flexibility index (Phi) is 3.58. The fraction of sp³-hybridized carbons (Fsp3) is 0.188. The van der Waals surface area contributed by atoms with E-state index in [0.717, 1.165) is 6.54 Å². The van der Waals surface area contributed by atoms with E-state index in [1.54, 1.807) is 11.3 Å². The molecule has 2 heterocycles. The predicted octanol–water partition coefficient (Wildman–Crippen LogP) is 4.00. The van der Waals surface area contributed by atoms with E-state index in [0.29, 0.717) is 0 Å². The van der Waals surface area contributed by atoms with Crippen LogP contribution in [0.2, 0.25) is 0 Å². The van der Waals surface area contributed by atoms with Crippen molar-refractivity contribution in [1.82, 2.24) is 10.3 Å². The zero-order valence-electron chi connectivity index (χ0n) is 10.8. The number of hydrogen-bond donors (Lipinski definition) is 1. The van der Waals surface area contributed by atoms with Crippen molar-refractivity contribution < 1.29 is 0 Å². The minimum atomic E-state index is 0.209. The summed E-state index contributed by atoms with van der Waals surface area (Å²) >= 11 is 1.80. The van der Waals surface area contributed by atoms with Crippen LogP contribution in [0.4, 0.5) is 0 Å². The zero-order chi connectivity index (χ0) is 13.1. The molecule has 0 aliphatic heterocycles. The van der Waals surface area contributed by atoms with E-state index in [4.69, 9.17) is 0 Å². The van der Waals surface area contributed by atoms with E-state index in [9.17, 15) is 0 Å². The lowest BCUT2D eigenvalue weighted by atomic mass is 9.99. The molecule has 96 valence electrons. The molecule has 1 N–H and O–H groups in total. The van der Waals surface area contributed by atoms with Crippen LogP contribution in [0.3, 0.4) is 0 Å². The Labute approximate surface area is 117 Å². The highest BCUT2D eigenvalue weighted by Gasteiger charge is 2.16. The molecular weight excluding hydrogens is 252 g/mol. The molecule has 0 saturated heterocycles. The van der Waals surface area contributed by atoms with Crippen molar-refractivity contribution in [2.45, 2.75) is 13.0 Å². The van der Waals surface area contributed by atoms with Crippen LogP contribution in [0.1, 0.15) is 24.1 Å². The highest BCUT2D eigenvalue weighted by atomic mass is 32.1. The topological polar surface area (TPSA) is 24.9 Å². The first kappa shape index (κ1) is 12.3. The largest absolute Gasteiger partial charge is 0.306 e. The molecule has 1 aromatic carbocycles. The van der Waals surface area contributed by atoms with Crippen molar-refractivity contribution in [3.05, 3.63) is 65.3 Å². The average molecular weight is 268 g/mol.